The van der Waals surface area contributed by atoms with Gasteiger partial charge < -0.3 is 14.2 Å². The third-order valence-electron chi connectivity index (χ3n) is 5.07. The smallest absolute Gasteiger partial charge is 0.308 e. The average Bonchev–Trinajstić information content (AvgIpc) is 2.67. The summed E-state index contributed by atoms with van der Waals surface area (Å²) in [5.41, 5.74) is 4.37. The highest BCUT2D eigenvalue weighted by Crippen LogP contribution is 2.45. The molecule has 0 aliphatic heterocycles. The van der Waals surface area contributed by atoms with Crippen LogP contribution in [0.2, 0.25) is 0 Å². The maximum absolute atomic E-state index is 11.4. The standard InChI is InChI=1S/C16H20O4.C10H18O2/c1-9-6-5-7-13-8-10(2)15(19-11(3)17)16(14(9)13)20-12(4)18;1-9(2)7-5-4-6-8-12-10(3)11/h8-9H,5-7H2,1-4H3;7H,4-6,8H2,1-3H3/t9-;/m1./s1. The minimum absolute atomic E-state index is 0.183. The Morgan fingerprint density at radius 3 is 2.16 bits per heavy atom. The van der Waals surface area contributed by atoms with E-state index in [1.165, 1.54) is 31.9 Å². The maximum atomic E-state index is 11.4. The Kier molecular flexibility index (Phi) is 11.7. The van der Waals surface area contributed by atoms with Crippen LogP contribution in [0.3, 0.4) is 0 Å². The highest BCUT2D eigenvalue weighted by molar-refractivity contribution is 5.76. The number of benzene rings is 1. The summed E-state index contributed by atoms with van der Waals surface area (Å²) < 4.78 is 15.4. The van der Waals surface area contributed by atoms with E-state index in [2.05, 4.69) is 26.8 Å². The van der Waals surface area contributed by atoms with Gasteiger partial charge in [-0.25, -0.2) is 0 Å². The van der Waals surface area contributed by atoms with Crippen molar-refractivity contribution in [1.29, 1.82) is 0 Å². The van der Waals surface area contributed by atoms with E-state index in [9.17, 15) is 14.4 Å². The average molecular weight is 447 g/mol. The van der Waals surface area contributed by atoms with Gasteiger partial charge in [-0.2, -0.15) is 0 Å². The Balaban J connectivity index is 0.000000368. The lowest BCUT2D eigenvalue weighted by molar-refractivity contribution is -0.141. The SMILES string of the molecule is CC(=O)OCCCCC=C(C)C.CC(=O)Oc1c(C)cc2c(c1OC(C)=O)[C@H](C)CCC2. The van der Waals surface area contributed by atoms with Crippen LogP contribution in [0.5, 0.6) is 11.5 Å². The van der Waals surface area contributed by atoms with Crippen LogP contribution in [-0.2, 0) is 25.5 Å². The first-order valence-electron chi connectivity index (χ1n) is 11.3. The highest BCUT2D eigenvalue weighted by Gasteiger charge is 2.27. The molecule has 1 atom stereocenters. The quantitative estimate of drug-likeness (QED) is 0.222. The molecule has 1 aromatic carbocycles. The summed E-state index contributed by atoms with van der Waals surface area (Å²) in [5, 5.41) is 0. The number of hydrogen-bond acceptors (Lipinski definition) is 6. The van der Waals surface area contributed by atoms with Crippen molar-refractivity contribution >= 4 is 17.9 Å². The molecule has 1 aliphatic carbocycles. The number of esters is 3. The van der Waals surface area contributed by atoms with Gasteiger partial charge in [0.2, 0.25) is 0 Å². The number of fused-ring (bicyclic) bond motifs is 1. The van der Waals surface area contributed by atoms with Crippen LogP contribution in [0, 0.1) is 6.92 Å². The third kappa shape index (κ3) is 9.67. The summed E-state index contributed by atoms with van der Waals surface area (Å²) in [6.07, 6.45) is 8.48. The summed E-state index contributed by atoms with van der Waals surface area (Å²) in [6, 6.07) is 2.04. The van der Waals surface area contributed by atoms with E-state index < -0.39 is 11.9 Å². The molecule has 2 rings (SSSR count). The van der Waals surface area contributed by atoms with E-state index in [1.807, 2.05) is 13.0 Å². The van der Waals surface area contributed by atoms with Crippen LogP contribution in [0.15, 0.2) is 17.7 Å². The van der Waals surface area contributed by atoms with E-state index in [0.29, 0.717) is 24.0 Å². The fourth-order valence-corrected chi connectivity index (χ4v) is 3.71. The third-order valence-corrected chi connectivity index (χ3v) is 5.07. The van der Waals surface area contributed by atoms with Crippen LogP contribution >= 0.6 is 0 Å². The Labute approximate surface area is 192 Å². The van der Waals surface area contributed by atoms with Gasteiger partial charge in [0.15, 0.2) is 11.5 Å². The van der Waals surface area contributed by atoms with Crippen molar-refractivity contribution in [3.63, 3.8) is 0 Å². The van der Waals surface area contributed by atoms with Crippen LogP contribution in [0.1, 0.15) is 96.3 Å². The van der Waals surface area contributed by atoms with E-state index in [1.54, 1.807) is 0 Å². The van der Waals surface area contributed by atoms with Crippen LogP contribution < -0.4 is 9.47 Å². The fraction of sp³-hybridized carbons (Fsp3) is 0.577. The molecule has 0 radical (unpaired) electrons. The molecule has 0 amide bonds. The van der Waals surface area contributed by atoms with Gasteiger partial charge >= 0.3 is 17.9 Å². The van der Waals surface area contributed by atoms with Crippen molar-refractivity contribution in [2.45, 2.75) is 92.9 Å². The number of carbonyl (C=O) groups excluding carboxylic acids is 3. The Bertz CT molecular complexity index is 833. The highest BCUT2D eigenvalue weighted by atomic mass is 16.6. The second-order valence-corrected chi connectivity index (χ2v) is 8.52. The Morgan fingerprint density at radius 1 is 0.969 bits per heavy atom. The number of allylic oxidation sites excluding steroid dienone is 2. The number of unbranched alkanes of at least 4 members (excludes halogenated alkanes) is 2. The van der Waals surface area contributed by atoms with Crippen molar-refractivity contribution in [3.8, 4) is 11.5 Å². The predicted octanol–water partition coefficient (Wildman–Crippen LogP) is 5.97. The molecule has 1 aromatic rings. The fourth-order valence-electron chi connectivity index (χ4n) is 3.71. The molecule has 0 saturated carbocycles. The number of carbonyl (C=O) groups is 3. The van der Waals surface area contributed by atoms with Gasteiger partial charge in [-0.15, -0.1) is 0 Å². The predicted molar refractivity (Wildman–Crippen MR) is 125 cm³/mol. The molecule has 32 heavy (non-hydrogen) atoms. The molecule has 0 spiro atoms. The van der Waals surface area contributed by atoms with E-state index >= 15 is 0 Å². The molecular weight excluding hydrogens is 408 g/mol. The van der Waals surface area contributed by atoms with Gasteiger partial charge in [0.1, 0.15) is 0 Å². The molecule has 6 heteroatoms. The Morgan fingerprint density at radius 2 is 1.59 bits per heavy atom. The molecule has 0 bridgehead atoms. The second kappa shape index (κ2) is 13.7. The first-order chi connectivity index (χ1) is 15.0. The lowest BCUT2D eigenvalue weighted by Crippen LogP contribution is -2.15. The van der Waals surface area contributed by atoms with Crippen molar-refractivity contribution in [3.05, 3.63) is 34.4 Å². The van der Waals surface area contributed by atoms with Crippen molar-refractivity contribution < 1.29 is 28.6 Å². The number of ether oxygens (including phenoxy) is 3. The largest absolute Gasteiger partial charge is 0.466 e. The van der Waals surface area contributed by atoms with Gasteiger partial charge in [0, 0.05) is 26.3 Å². The molecule has 0 fully saturated rings. The van der Waals surface area contributed by atoms with Gasteiger partial charge in [-0.05, 0) is 76.3 Å². The van der Waals surface area contributed by atoms with E-state index in [-0.39, 0.29) is 5.97 Å². The summed E-state index contributed by atoms with van der Waals surface area (Å²) in [6.45, 7) is 12.9. The minimum Gasteiger partial charge on any atom is -0.466 e. The summed E-state index contributed by atoms with van der Waals surface area (Å²) in [7, 11) is 0. The zero-order valence-corrected chi connectivity index (χ0v) is 20.6. The topological polar surface area (TPSA) is 78.9 Å². The molecule has 0 heterocycles. The summed E-state index contributed by atoms with van der Waals surface area (Å²) in [5.74, 6) is 0.101. The molecule has 6 nitrogen and oxygen atoms in total. The van der Waals surface area contributed by atoms with E-state index in [0.717, 1.165) is 49.7 Å². The zero-order chi connectivity index (χ0) is 24.3. The van der Waals surface area contributed by atoms with Gasteiger partial charge in [0.05, 0.1) is 6.61 Å². The van der Waals surface area contributed by atoms with Gasteiger partial charge in [-0.3, -0.25) is 14.4 Å². The zero-order valence-electron chi connectivity index (χ0n) is 20.6. The van der Waals surface area contributed by atoms with E-state index in [4.69, 9.17) is 14.2 Å². The molecule has 0 saturated heterocycles. The molecule has 0 N–H and O–H groups in total. The van der Waals surface area contributed by atoms with Crippen molar-refractivity contribution in [2.75, 3.05) is 6.61 Å². The number of hydrogen-bond donors (Lipinski definition) is 0. The van der Waals surface area contributed by atoms with Crippen LogP contribution in [0.4, 0.5) is 0 Å². The minimum atomic E-state index is -0.412. The molecule has 1 aliphatic rings. The molecule has 0 aromatic heterocycles. The second-order valence-electron chi connectivity index (χ2n) is 8.52. The van der Waals surface area contributed by atoms with Crippen LogP contribution in [-0.4, -0.2) is 24.5 Å². The number of aryl methyl sites for hydroxylation is 2. The number of rotatable bonds is 7. The maximum Gasteiger partial charge on any atom is 0.308 e. The van der Waals surface area contributed by atoms with Crippen molar-refractivity contribution in [2.24, 2.45) is 0 Å². The lowest BCUT2D eigenvalue weighted by Gasteiger charge is -2.27. The summed E-state index contributed by atoms with van der Waals surface area (Å²) in [4.78, 5) is 33.0. The van der Waals surface area contributed by atoms with Gasteiger partial charge in [-0.1, -0.05) is 24.6 Å². The first-order valence-corrected chi connectivity index (χ1v) is 11.3. The molecular formula is C26H38O6. The lowest BCUT2D eigenvalue weighted by atomic mass is 9.82. The van der Waals surface area contributed by atoms with Gasteiger partial charge in [0.25, 0.3) is 0 Å². The summed E-state index contributed by atoms with van der Waals surface area (Å²) >= 11 is 0. The monoisotopic (exact) mass is 446 g/mol. The normalized spacial score (nSPS) is 14.3. The molecule has 0 unspecified atom stereocenters. The van der Waals surface area contributed by atoms with Crippen LogP contribution in [0.25, 0.3) is 0 Å². The van der Waals surface area contributed by atoms with Crippen molar-refractivity contribution in [1.82, 2.24) is 0 Å². The molecule has 178 valence electrons. The first kappa shape index (κ1) is 27.4. The Hall–Kier alpha value is -2.63.